The lowest BCUT2D eigenvalue weighted by Gasteiger charge is -2.33. The molecule has 7 nitrogen and oxygen atoms in total. The largest absolute Gasteiger partial charge is 0.478 e. The van der Waals surface area contributed by atoms with Crippen molar-refractivity contribution >= 4 is 17.6 Å². The van der Waals surface area contributed by atoms with Gasteiger partial charge in [-0.25, -0.2) is 19.7 Å². The summed E-state index contributed by atoms with van der Waals surface area (Å²) in [4.78, 5) is 29.3. The van der Waals surface area contributed by atoms with Crippen molar-refractivity contribution in [2.75, 3.05) is 36.0 Å². The zero-order valence-corrected chi connectivity index (χ0v) is 15.6. The number of hydrogen-bond donors (Lipinski definition) is 1. The van der Waals surface area contributed by atoms with Gasteiger partial charge in [0, 0.05) is 44.4 Å². The Balaban J connectivity index is 1.53. The van der Waals surface area contributed by atoms with Gasteiger partial charge < -0.3 is 14.9 Å². The summed E-state index contributed by atoms with van der Waals surface area (Å²) in [5.74, 6) is 2.10. The van der Waals surface area contributed by atoms with E-state index in [0.717, 1.165) is 62.2 Å². The number of aromatic nitrogens is 3. The van der Waals surface area contributed by atoms with Gasteiger partial charge in [0.1, 0.15) is 17.5 Å². The molecule has 1 atom stereocenters. The molecular formula is C20H25N5O2. The molecular weight excluding hydrogens is 342 g/mol. The second kappa shape index (κ2) is 7.50. The van der Waals surface area contributed by atoms with Crippen molar-refractivity contribution in [3.8, 4) is 0 Å². The molecule has 4 rings (SSSR count). The molecule has 2 aromatic heterocycles. The number of nitrogens with zero attached hydrogens (tertiary/aromatic N) is 5. The van der Waals surface area contributed by atoms with Gasteiger partial charge in [0.05, 0.1) is 11.3 Å². The van der Waals surface area contributed by atoms with Gasteiger partial charge in [-0.1, -0.05) is 0 Å². The molecule has 0 saturated carbocycles. The van der Waals surface area contributed by atoms with Crippen LogP contribution >= 0.6 is 0 Å². The van der Waals surface area contributed by atoms with Gasteiger partial charge in [0.15, 0.2) is 0 Å². The van der Waals surface area contributed by atoms with Crippen LogP contribution in [-0.2, 0) is 0 Å². The van der Waals surface area contributed by atoms with Crippen molar-refractivity contribution in [2.24, 2.45) is 0 Å². The van der Waals surface area contributed by atoms with Gasteiger partial charge in [-0.15, -0.1) is 0 Å². The summed E-state index contributed by atoms with van der Waals surface area (Å²) in [5.41, 5.74) is 1.32. The molecule has 2 aliphatic heterocycles. The molecule has 1 N–H and O–H groups in total. The highest BCUT2D eigenvalue weighted by Gasteiger charge is 2.25. The number of aromatic carboxylic acids is 1. The maximum absolute atomic E-state index is 11.0. The van der Waals surface area contributed by atoms with Crippen LogP contribution in [-0.4, -0.2) is 52.2 Å². The lowest BCUT2D eigenvalue weighted by molar-refractivity contribution is 0.0696. The third-order valence-corrected chi connectivity index (χ3v) is 5.43. The van der Waals surface area contributed by atoms with E-state index >= 15 is 0 Å². The second-order valence-electron chi connectivity index (χ2n) is 7.39. The first-order chi connectivity index (χ1) is 13.1. The van der Waals surface area contributed by atoms with E-state index in [9.17, 15) is 4.79 Å². The molecule has 0 amide bonds. The summed E-state index contributed by atoms with van der Waals surface area (Å²) in [6, 6.07) is 5.58. The first kappa shape index (κ1) is 17.7. The Morgan fingerprint density at radius 2 is 1.85 bits per heavy atom. The number of carboxylic acids is 1. The molecule has 0 bridgehead atoms. The summed E-state index contributed by atoms with van der Waals surface area (Å²) < 4.78 is 0. The number of rotatable bonds is 4. The lowest BCUT2D eigenvalue weighted by atomic mass is 9.94. The molecule has 0 spiro atoms. The van der Waals surface area contributed by atoms with E-state index in [1.54, 1.807) is 12.1 Å². The van der Waals surface area contributed by atoms with Gasteiger partial charge in [-0.2, -0.15) is 0 Å². The number of carbonyl (C=O) groups is 1. The van der Waals surface area contributed by atoms with Crippen LogP contribution in [0.25, 0.3) is 0 Å². The lowest BCUT2D eigenvalue weighted by Crippen LogP contribution is -2.35. The van der Waals surface area contributed by atoms with Crippen molar-refractivity contribution < 1.29 is 9.90 Å². The normalized spacial score (nSPS) is 20.1. The maximum atomic E-state index is 11.0. The van der Waals surface area contributed by atoms with Gasteiger partial charge in [-0.3, -0.25) is 0 Å². The Morgan fingerprint density at radius 3 is 2.56 bits per heavy atom. The Bertz CT molecular complexity index is 818. The van der Waals surface area contributed by atoms with Gasteiger partial charge in [-0.05, 0) is 44.7 Å². The van der Waals surface area contributed by atoms with Gasteiger partial charge in [0.2, 0.25) is 0 Å². The van der Waals surface area contributed by atoms with Crippen molar-refractivity contribution in [2.45, 2.75) is 38.5 Å². The van der Waals surface area contributed by atoms with Crippen LogP contribution in [0.3, 0.4) is 0 Å². The third kappa shape index (κ3) is 3.86. The van der Waals surface area contributed by atoms with E-state index in [4.69, 9.17) is 10.1 Å². The highest BCUT2D eigenvalue weighted by molar-refractivity contribution is 5.87. The molecule has 2 fully saturated rings. The van der Waals surface area contributed by atoms with Crippen LogP contribution in [0, 0.1) is 6.92 Å². The maximum Gasteiger partial charge on any atom is 0.337 e. The molecule has 0 radical (unpaired) electrons. The number of anilines is 2. The molecule has 4 heterocycles. The van der Waals surface area contributed by atoms with Crippen LogP contribution < -0.4 is 9.80 Å². The van der Waals surface area contributed by atoms with Gasteiger partial charge in [0.25, 0.3) is 0 Å². The summed E-state index contributed by atoms with van der Waals surface area (Å²) in [5, 5.41) is 9.05. The molecule has 7 heteroatoms. The van der Waals surface area contributed by atoms with Crippen molar-refractivity contribution in [3.63, 3.8) is 0 Å². The topological polar surface area (TPSA) is 82.5 Å². The Hall–Kier alpha value is -2.70. The van der Waals surface area contributed by atoms with Crippen molar-refractivity contribution in [1.29, 1.82) is 0 Å². The number of piperidine rings is 1. The zero-order chi connectivity index (χ0) is 18.8. The average Bonchev–Trinajstić information content (AvgIpc) is 3.23. The molecule has 2 aromatic rings. The summed E-state index contributed by atoms with van der Waals surface area (Å²) in [7, 11) is 0. The highest BCUT2D eigenvalue weighted by atomic mass is 16.4. The van der Waals surface area contributed by atoms with Crippen LogP contribution in [0.5, 0.6) is 0 Å². The molecule has 2 aliphatic rings. The van der Waals surface area contributed by atoms with Crippen LogP contribution in [0.2, 0.25) is 0 Å². The van der Waals surface area contributed by atoms with E-state index in [2.05, 4.69) is 25.8 Å². The fourth-order valence-corrected chi connectivity index (χ4v) is 4.02. The summed E-state index contributed by atoms with van der Waals surface area (Å²) >= 11 is 0. The molecule has 0 aliphatic carbocycles. The summed E-state index contributed by atoms with van der Waals surface area (Å²) in [6.45, 7) is 5.89. The first-order valence-corrected chi connectivity index (χ1v) is 9.65. The number of hydrogen-bond acceptors (Lipinski definition) is 6. The second-order valence-corrected chi connectivity index (χ2v) is 7.39. The fraction of sp³-hybridized carbons (Fsp3) is 0.500. The minimum atomic E-state index is -0.948. The predicted octanol–water partition coefficient (Wildman–Crippen LogP) is 2.86. The first-order valence-electron chi connectivity index (χ1n) is 9.65. The zero-order valence-electron chi connectivity index (χ0n) is 15.6. The molecule has 0 aromatic carbocycles. The highest BCUT2D eigenvalue weighted by Crippen LogP contribution is 2.30. The Morgan fingerprint density at radius 1 is 1.07 bits per heavy atom. The third-order valence-electron chi connectivity index (χ3n) is 5.43. The monoisotopic (exact) mass is 367 g/mol. The predicted molar refractivity (Wildman–Crippen MR) is 104 cm³/mol. The molecule has 142 valence electrons. The molecule has 0 unspecified atom stereocenters. The van der Waals surface area contributed by atoms with E-state index in [-0.39, 0.29) is 5.56 Å². The minimum absolute atomic E-state index is 0.217. The Kier molecular flexibility index (Phi) is 4.92. The van der Waals surface area contributed by atoms with Gasteiger partial charge >= 0.3 is 5.97 Å². The number of aryl methyl sites for hydroxylation is 1. The molecule has 27 heavy (non-hydrogen) atoms. The van der Waals surface area contributed by atoms with E-state index in [1.807, 2.05) is 6.92 Å². The number of pyridine rings is 1. The quantitative estimate of drug-likeness (QED) is 0.890. The van der Waals surface area contributed by atoms with Crippen LogP contribution in [0.4, 0.5) is 11.6 Å². The number of carboxylic acid groups (broad SMARTS) is 1. The SMILES string of the molecule is Cc1nc([C@@H]2CCCN(c3ccc(C(=O)O)cn3)C2)cc(N2CCCC2)n1. The summed E-state index contributed by atoms with van der Waals surface area (Å²) in [6.07, 6.45) is 6.05. The van der Waals surface area contributed by atoms with Crippen molar-refractivity contribution in [3.05, 3.63) is 41.5 Å². The smallest absolute Gasteiger partial charge is 0.337 e. The Labute approximate surface area is 159 Å². The van der Waals surface area contributed by atoms with Crippen molar-refractivity contribution in [1.82, 2.24) is 15.0 Å². The standard InChI is InChI=1S/C20H25N5O2/c1-14-22-17(11-19(23-14)24-8-2-3-9-24)16-5-4-10-25(13-16)18-7-6-15(12-21-18)20(26)27/h6-7,11-12,16H,2-5,8-10,13H2,1H3,(H,26,27)/t16-/m1/s1. The minimum Gasteiger partial charge on any atom is -0.478 e. The van der Waals surface area contributed by atoms with E-state index in [0.29, 0.717) is 5.92 Å². The van der Waals surface area contributed by atoms with E-state index < -0.39 is 5.97 Å². The van der Waals surface area contributed by atoms with Crippen LogP contribution in [0.1, 0.15) is 53.5 Å². The average molecular weight is 367 g/mol. The molecule has 2 saturated heterocycles. The fourth-order valence-electron chi connectivity index (χ4n) is 4.02. The van der Waals surface area contributed by atoms with E-state index in [1.165, 1.54) is 19.0 Å². The van der Waals surface area contributed by atoms with Crippen LogP contribution in [0.15, 0.2) is 24.4 Å².